The van der Waals surface area contributed by atoms with Crippen molar-refractivity contribution in [2.45, 2.75) is 31.8 Å². The molecule has 0 radical (unpaired) electrons. The van der Waals surface area contributed by atoms with Crippen molar-refractivity contribution in [1.29, 1.82) is 0 Å². The molecular formula is C10H22N2OS. The predicted molar refractivity (Wildman–Crippen MR) is 62.7 cm³/mol. The number of nitrogens with two attached hydrogens (primary N) is 1. The highest BCUT2D eigenvalue weighted by molar-refractivity contribution is 7.99. The normalized spacial score (nSPS) is 25.3. The van der Waals surface area contributed by atoms with Gasteiger partial charge in [0.1, 0.15) is 0 Å². The average Bonchev–Trinajstić information content (AvgIpc) is 2.06. The van der Waals surface area contributed by atoms with Gasteiger partial charge in [-0.3, -0.25) is 4.90 Å². The van der Waals surface area contributed by atoms with Crippen molar-refractivity contribution in [2.24, 2.45) is 5.73 Å². The van der Waals surface area contributed by atoms with E-state index in [4.69, 9.17) is 10.8 Å². The zero-order valence-electron chi connectivity index (χ0n) is 9.20. The minimum absolute atomic E-state index is 0.129. The minimum atomic E-state index is -0.129. The Morgan fingerprint density at radius 3 is 2.86 bits per heavy atom. The van der Waals surface area contributed by atoms with E-state index in [1.54, 1.807) is 0 Å². The second-order valence-corrected chi connectivity index (χ2v) is 5.85. The smallest absolute Gasteiger partial charge is 0.0446 e. The highest BCUT2D eigenvalue weighted by Crippen LogP contribution is 2.20. The number of hydrogen-bond acceptors (Lipinski definition) is 4. The van der Waals surface area contributed by atoms with Crippen molar-refractivity contribution in [2.75, 3.05) is 31.2 Å². The molecule has 1 fully saturated rings. The molecule has 3 nitrogen and oxygen atoms in total. The molecule has 0 aromatic carbocycles. The molecule has 84 valence electrons. The maximum absolute atomic E-state index is 8.97. The summed E-state index contributed by atoms with van der Waals surface area (Å²) in [4.78, 5) is 2.42. The van der Waals surface area contributed by atoms with E-state index >= 15 is 0 Å². The van der Waals surface area contributed by atoms with Crippen LogP contribution in [-0.2, 0) is 0 Å². The fraction of sp³-hybridized carbons (Fsp3) is 1.00. The molecule has 1 rings (SSSR count). The van der Waals surface area contributed by atoms with Gasteiger partial charge in [0.05, 0.1) is 0 Å². The van der Waals surface area contributed by atoms with E-state index < -0.39 is 0 Å². The Hall–Kier alpha value is 0.230. The topological polar surface area (TPSA) is 49.5 Å². The summed E-state index contributed by atoms with van der Waals surface area (Å²) in [6, 6.07) is 0.515. The van der Waals surface area contributed by atoms with Gasteiger partial charge in [-0.05, 0) is 20.3 Å². The van der Waals surface area contributed by atoms with Crippen LogP contribution in [0.25, 0.3) is 0 Å². The SMILES string of the molecule is CC(C)(N)CN1CCSCC1CCO. The Kier molecular flexibility index (Phi) is 4.70. The maximum atomic E-state index is 8.97. The molecule has 14 heavy (non-hydrogen) atoms. The third-order valence-electron chi connectivity index (χ3n) is 2.42. The largest absolute Gasteiger partial charge is 0.396 e. The Labute approximate surface area is 91.0 Å². The molecule has 1 aliphatic rings. The molecule has 0 aliphatic carbocycles. The highest BCUT2D eigenvalue weighted by Gasteiger charge is 2.26. The summed E-state index contributed by atoms with van der Waals surface area (Å²) in [6.45, 7) is 6.44. The minimum Gasteiger partial charge on any atom is -0.396 e. The van der Waals surface area contributed by atoms with Crippen molar-refractivity contribution in [1.82, 2.24) is 4.90 Å². The third-order valence-corrected chi connectivity index (χ3v) is 3.51. The lowest BCUT2D eigenvalue weighted by molar-refractivity contribution is 0.150. The molecule has 3 N–H and O–H groups in total. The van der Waals surface area contributed by atoms with Crippen LogP contribution in [0.1, 0.15) is 20.3 Å². The van der Waals surface area contributed by atoms with Crippen molar-refractivity contribution in [3.05, 3.63) is 0 Å². The zero-order valence-corrected chi connectivity index (χ0v) is 10.0. The lowest BCUT2D eigenvalue weighted by Gasteiger charge is -2.38. The summed E-state index contributed by atoms with van der Waals surface area (Å²) in [6.07, 6.45) is 0.878. The van der Waals surface area contributed by atoms with Crippen LogP contribution < -0.4 is 5.73 Å². The van der Waals surface area contributed by atoms with Gasteiger partial charge in [-0.2, -0.15) is 11.8 Å². The molecule has 1 atom stereocenters. The summed E-state index contributed by atoms with van der Waals surface area (Å²) in [5, 5.41) is 8.97. The molecule has 0 amide bonds. The van der Waals surface area contributed by atoms with E-state index in [2.05, 4.69) is 18.7 Å². The second-order valence-electron chi connectivity index (χ2n) is 4.70. The van der Waals surface area contributed by atoms with Crippen LogP contribution in [0.2, 0.25) is 0 Å². The van der Waals surface area contributed by atoms with Crippen LogP contribution in [0, 0.1) is 0 Å². The van der Waals surface area contributed by atoms with Crippen molar-refractivity contribution in [3.63, 3.8) is 0 Å². The highest BCUT2D eigenvalue weighted by atomic mass is 32.2. The fourth-order valence-electron chi connectivity index (χ4n) is 1.84. The van der Waals surface area contributed by atoms with E-state index in [0.29, 0.717) is 6.04 Å². The Morgan fingerprint density at radius 2 is 2.29 bits per heavy atom. The van der Waals surface area contributed by atoms with E-state index in [1.807, 2.05) is 11.8 Å². The lowest BCUT2D eigenvalue weighted by Crippen LogP contribution is -2.52. The monoisotopic (exact) mass is 218 g/mol. The molecule has 0 bridgehead atoms. The third kappa shape index (κ3) is 4.17. The van der Waals surface area contributed by atoms with Gasteiger partial charge in [0.25, 0.3) is 0 Å². The number of thioether (sulfide) groups is 1. The Bertz CT molecular complexity index is 168. The molecule has 1 unspecified atom stereocenters. The first kappa shape index (κ1) is 12.3. The van der Waals surface area contributed by atoms with E-state index in [1.165, 1.54) is 5.75 Å². The molecule has 1 aliphatic heterocycles. The van der Waals surface area contributed by atoms with Crippen molar-refractivity contribution in [3.8, 4) is 0 Å². The summed E-state index contributed by atoms with van der Waals surface area (Å²) < 4.78 is 0. The van der Waals surface area contributed by atoms with Crippen LogP contribution >= 0.6 is 11.8 Å². The average molecular weight is 218 g/mol. The van der Waals surface area contributed by atoms with E-state index in [9.17, 15) is 0 Å². The number of rotatable bonds is 4. The van der Waals surface area contributed by atoms with Gasteiger partial charge >= 0.3 is 0 Å². The van der Waals surface area contributed by atoms with Gasteiger partial charge in [-0.15, -0.1) is 0 Å². The molecule has 4 heteroatoms. The van der Waals surface area contributed by atoms with Crippen LogP contribution in [-0.4, -0.2) is 52.8 Å². The molecule has 1 saturated heterocycles. The Morgan fingerprint density at radius 1 is 1.57 bits per heavy atom. The van der Waals surface area contributed by atoms with E-state index in [-0.39, 0.29) is 12.1 Å². The fourth-order valence-corrected chi connectivity index (χ4v) is 3.02. The molecule has 0 spiro atoms. The molecule has 1 heterocycles. The standard InChI is InChI=1S/C10H22N2OS/c1-10(2,11)8-12-4-6-14-7-9(12)3-5-13/h9,13H,3-8,11H2,1-2H3. The van der Waals surface area contributed by atoms with Crippen LogP contribution in [0.15, 0.2) is 0 Å². The number of aliphatic hydroxyl groups is 1. The summed E-state index contributed by atoms with van der Waals surface area (Å²) in [5.41, 5.74) is 5.88. The van der Waals surface area contributed by atoms with Gasteiger partial charge in [0.15, 0.2) is 0 Å². The summed E-state index contributed by atoms with van der Waals surface area (Å²) in [7, 11) is 0. The van der Waals surface area contributed by atoms with Crippen LogP contribution in [0.5, 0.6) is 0 Å². The lowest BCUT2D eigenvalue weighted by atomic mass is 10.0. The van der Waals surface area contributed by atoms with E-state index in [0.717, 1.165) is 25.3 Å². The predicted octanol–water partition coefficient (Wildman–Crippen LogP) is 0.524. The van der Waals surface area contributed by atoms with Crippen LogP contribution in [0.4, 0.5) is 0 Å². The second kappa shape index (κ2) is 5.35. The maximum Gasteiger partial charge on any atom is 0.0446 e. The van der Waals surface area contributed by atoms with Crippen molar-refractivity contribution < 1.29 is 5.11 Å². The summed E-state index contributed by atoms with van der Waals surface area (Å²) in [5.74, 6) is 2.33. The molecule has 0 saturated carbocycles. The van der Waals surface area contributed by atoms with Crippen LogP contribution in [0.3, 0.4) is 0 Å². The molecule has 0 aromatic rings. The Balaban J connectivity index is 2.45. The molecular weight excluding hydrogens is 196 g/mol. The van der Waals surface area contributed by atoms with Gasteiger partial charge in [-0.1, -0.05) is 0 Å². The first-order valence-corrected chi connectivity index (χ1v) is 6.40. The molecule has 0 aromatic heterocycles. The van der Waals surface area contributed by atoms with Crippen molar-refractivity contribution >= 4 is 11.8 Å². The quantitative estimate of drug-likeness (QED) is 0.722. The van der Waals surface area contributed by atoms with Gasteiger partial charge < -0.3 is 10.8 Å². The first-order valence-electron chi connectivity index (χ1n) is 5.24. The van der Waals surface area contributed by atoms with Gasteiger partial charge in [0.2, 0.25) is 0 Å². The number of nitrogens with zero attached hydrogens (tertiary/aromatic N) is 1. The number of aliphatic hydroxyl groups excluding tert-OH is 1. The van der Waals surface area contributed by atoms with Gasteiger partial charge in [0, 0.05) is 42.8 Å². The zero-order chi connectivity index (χ0) is 10.6. The first-order chi connectivity index (χ1) is 6.53. The summed E-state index contributed by atoms with van der Waals surface area (Å²) >= 11 is 1.98. The number of hydrogen-bond donors (Lipinski definition) is 2. The van der Waals surface area contributed by atoms with Gasteiger partial charge in [-0.25, -0.2) is 0 Å².